The van der Waals surface area contributed by atoms with Crippen LogP contribution in [-0.2, 0) is 6.54 Å². The van der Waals surface area contributed by atoms with Gasteiger partial charge in [0.25, 0.3) is 0 Å². The zero-order chi connectivity index (χ0) is 19.7. The summed E-state index contributed by atoms with van der Waals surface area (Å²) in [5.74, 6) is 0.975. The summed E-state index contributed by atoms with van der Waals surface area (Å²) >= 11 is 1.35. The molecule has 0 spiro atoms. The number of nitrogens with zero attached hydrogens (tertiary/aromatic N) is 3. The fourth-order valence-corrected chi connectivity index (χ4v) is 4.34. The molecular formula is C20H23FN4O2S. The van der Waals surface area contributed by atoms with Gasteiger partial charge in [-0.25, -0.2) is 4.98 Å². The molecule has 1 N–H and O–H groups in total. The third-order valence-electron chi connectivity index (χ3n) is 5.04. The second-order valence-electron chi connectivity index (χ2n) is 6.95. The van der Waals surface area contributed by atoms with E-state index in [1.807, 2.05) is 30.3 Å². The van der Waals surface area contributed by atoms with Crippen LogP contribution in [0.3, 0.4) is 0 Å². The average molecular weight is 402 g/mol. The maximum Gasteiger partial charge on any atom is 0.230 e. The Bertz CT molecular complexity index is 980. The number of fused-ring (bicyclic) bond motifs is 1. The molecule has 0 amide bonds. The van der Waals surface area contributed by atoms with Gasteiger partial charge in [0.15, 0.2) is 5.13 Å². The standard InChI is InChI=1S/C20H23FN4O2S/c1-12-8-15(10-25(12)11-17-19(21)24-20(22-2)28-17)27-18-7-5-13-4-6-14(26-3)9-16(13)23-18/h4-7,9,12,15H,8,10-11H2,1-3H3,(H,22,24). The van der Waals surface area contributed by atoms with Gasteiger partial charge in [-0.1, -0.05) is 11.3 Å². The van der Waals surface area contributed by atoms with Crippen LogP contribution in [0.15, 0.2) is 30.3 Å². The Labute approximate surface area is 167 Å². The molecule has 2 atom stereocenters. The van der Waals surface area contributed by atoms with Crippen LogP contribution >= 0.6 is 11.3 Å². The Balaban J connectivity index is 1.44. The van der Waals surface area contributed by atoms with Gasteiger partial charge in [0.2, 0.25) is 11.8 Å². The Hall–Kier alpha value is -2.45. The molecule has 1 aliphatic rings. The molecule has 1 aliphatic heterocycles. The van der Waals surface area contributed by atoms with Crippen LogP contribution in [0.4, 0.5) is 9.52 Å². The average Bonchev–Trinajstić information content (AvgIpc) is 3.23. The van der Waals surface area contributed by atoms with Crippen LogP contribution in [-0.4, -0.2) is 47.7 Å². The summed E-state index contributed by atoms with van der Waals surface area (Å²) in [6, 6.07) is 9.98. The van der Waals surface area contributed by atoms with E-state index in [-0.39, 0.29) is 6.10 Å². The van der Waals surface area contributed by atoms with Crippen LogP contribution in [0.5, 0.6) is 11.6 Å². The van der Waals surface area contributed by atoms with Gasteiger partial charge in [0, 0.05) is 50.1 Å². The van der Waals surface area contributed by atoms with Gasteiger partial charge >= 0.3 is 0 Å². The van der Waals surface area contributed by atoms with Crippen molar-refractivity contribution in [2.75, 3.05) is 26.0 Å². The Morgan fingerprint density at radius 1 is 1.29 bits per heavy atom. The number of hydrogen-bond acceptors (Lipinski definition) is 7. The molecule has 0 bridgehead atoms. The summed E-state index contributed by atoms with van der Waals surface area (Å²) in [7, 11) is 3.39. The van der Waals surface area contributed by atoms with Crippen LogP contribution in [0.1, 0.15) is 18.2 Å². The quantitative estimate of drug-likeness (QED) is 0.674. The zero-order valence-corrected chi connectivity index (χ0v) is 16.9. The molecule has 2 aromatic heterocycles. The van der Waals surface area contributed by atoms with Crippen LogP contribution in [0, 0.1) is 5.95 Å². The minimum Gasteiger partial charge on any atom is -0.497 e. The highest BCUT2D eigenvalue weighted by atomic mass is 32.1. The lowest BCUT2D eigenvalue weighted by Gasteiger charge is -2.19. The smallest absolute Gasteiger partial charge is 0.230 e. The molecule has 1 aromatic carbocycles. The van der Waals surface area contributed by atoms with E-state index >= 15 is 0 Å². The normalized spacial score (nSPS) is 19.9. The molecule has 8 heteroatoms. The summed E-state index contributed by atoms with van der Waals surface area (Å²) in [5, 5.41) is 4.53. The highest BCUT2D eigenvalue weighted by Crippen LogP contribution is 2.29. The molecule has 0 radical (unpaired) electrons. The first-order valence-corrected chi connectivity index (χ1v) is 10.1. The number of ether oxygens (including phenoxy) is 2. The monoisotopic (exact) mass is 402 g/mol. The van der Waals surface area contributed by atoms with E-state index < -0.39 is 5.95 Å². The largest absolute Gasteiger partial charge is 0.497 e. The maximum absolute atomic E-state index is 14.0. The van der Waals surface area contributed by atoms with Gasteiger partial charge in [-0.3, -0.25) is 4.90 Å². The number of likely N-dealkylation sites (tertiary alicyclic amines) is 1. The highest BCUT2D eigenvalue weighted by Gasteiger charge is 2.32. The molecule has 0 saturated carbocycles. The lowest BCUT2D eigenvalue weighted by atomic mass is 10.2. The summed E-state index contributed by atoms with van der Waals surface area (Å²) in [6.07, 6.45) is 0.891. The van der Waals surface area contributed by atoms with Gasteiger partial charge < -0.3 is 14.8 Å². The molecule has 1 fully saturated rings. The van der Waals surface area contributed by atoms with E-state index in [1.165, 1.54) is 11.3 Å². The van der Waals surface area contributed by atoms with E-state index in [9.17, 15) is 4.39 Å². The molecule has 148 valence electrons. The van der Waals surface area contributed by atoms with Gasteiger partial charge in [-0.2, -0.15) is 9.37 Å². The maximum atomic E-state index is 14.0. The molecule has 2 unspecified atom stereocenters. The number of thiazole rings is 1. The number of hydrogen-bond donors (Lipinski definition) is 1. The van der Waals surface area contributed by atoms with Crippen LogP contribution in [0.25, 0.3) is 10.9 Å². The Kier molecular flexibility index (Phi) is 5.32. The Morgan fingerprint density at radius 2 is 2.11 bits per heavy atom. The summed E-state index contributed by atoms with van der Waals surface area (Å²) in [4.78, 5) is 11.4. The van der Waals surface area contributed by atoms with Crippen molar-refractivity contribution in [2.24, 2.45) is 0 Å². The number of pyridine rings is 1. The number of benzene rings is 1. The van der Waals surface area contributed by atoms with E-state index in [0.717, 1.165) is 29.6 Å². The number of nitrogens with one attached hydrogen (secondary N) is 1. The zero-order valence-electron chi connectivity index (χ0n) is 16.1. The van der Waals surface area contributed by atoms with Crippen molar-refractivity contribution >= 4 is 27.4 Å². The number of aromatic nitrogens is 2. The van der Waals surface area contributed by atoms with Crippen molar-refractivity contribution in [3.8, 4) is 11.6 Å². The third-order valence-corrected chi connectivity index (χ3v) is 6.07. The van der Waals surface area contributed by atoms with Crippen molar-refractivity contribution in [1.29, 1.82) is 0 Å². The molecular weight excluding hydrogens is 379 g/mol. The molecule has 3 aromatic rings. The number of methoxy groups -OCH3 is 1. The fraction of sp³-hybridized carbons (Fsp3) is 0.400. The molecule has 6 nitrogen and oxygen atoms in total. The molecule has 1 saturated heterocycles. The van der Waals surface area contributed by atoms with Crippen molar-refractivity contribution in [3.63, 3.8) is 0 Å². The van der Waals surface area contributed by atoms with E-state index in [2.05, 4.69) is 27.1 Å². The minimum absolute atomic E-state index is 0.0188. The predicted molar refractivity (Wildman–Crippen MR) is 109 cm³/mol. The number of anilines is 1. The van der Waals surface area contributed by atoms with Crippen molar-refractivity contribution in [2.45, 2.75) is 32.0 Å². The van der Waals surface area contributed by atoms with E-state index in [0.29, 0.717) is 28.5 Å². The first-order chi connectivity index (χ1) is 13.6. The van der Waals surface area contributed by atoms with Gasteiger partial charge in [-0.15, -0.1) is 0 Å². The Morgan fingerprint density at radius 3 is 2.86 bits per heavy atom. The second kappa shape index (κ2) is 7.89. The first kappa shape index (κ1) is 18.9. The van der Waals surface area contributed by atoms with Gasteiger partial charge in [0.05, 0.1) is 17.5 Å². The first-order valence-electron chi connectivity index (χ1n) is 9.24. The topological polar surface area (TPSA) is 59.5 Å². The van der Waals surface area contributed by atoms with Crippen LogP contribution < -0.4 is 14.8 Å². The van der Waals surface area contributed by atoms with Crippen LogP contribution in [0.2, 0.25) is 0 Å². The van der Waals surface area contributed by atoms with E-state index in [1.54, 1.807) is 14.2 Å². The van der Waals surface area contributed by atoms with Crippen molar-refractivity contribution in [3.05, 3.63) is 41.2 Å². The molecule has 4 rings (SSSR count). The molecule has 28 heavy (non-hydrogen) atoms. The highest BCUT2D eigenvalue weighted by molar-refractivity contribution is 7.15. The minimum atomic E-state index is -0.393. The van der Waals surface area contributed by atoms with E-state index in [4.69, 9.17) is 9.47 Å². The summed E-state index contributed by atoms with van der Waals surface area (Å²) in [5.41, 5.74) is 0.839. The van der Waals surface area contributed by atoms with Gasteiger partial charge in [-0.05, 0) is 25.1 Å². The second-order valence-corrected chi connectivity index (χ2v) is 8.03. The number of halogens is 1. The van der Waals surface area contributed by atoms with Gasteiger partial charge in [0.1, 0.15) is 11.9 Å². The summed E-state index contributed by atoms with van der Waals surface area (Å²) in [6.45, 7) is 3.40. The SMILES string of the molecule is CNc1nc(F)c(CN2CC(Oc3ccc4ccc(OC)cc4n3)CC2C)s1. The fourth-order valence-electron chi connectivity index (χ4n) is 3.52. The number of rotatable bonds is 6. The van der Waals surface area contributed by atoms with Crippen molar-refractivity contribution < 1.29 is 13.9 Å². The lowest BCUT2D eigenvalue weighted by Crippen LogP contribution is -2.28. The molecule has 0 aliphatic carbocycles. The molecule has 3 heterocycles. The van der Waals surface area contributed by atoms with Crippen molar-refractivity contribution in [1.82, 2.24) is 14.9 Å². The lowest BCUT2D eigenvalue weighted by molar-refractivity contribution is 0.189. The third kappa shape index (κ3) is 3.88. The predicted octanol–water partition coefficient (Wildman–Crippen LogP) is 3.92. The summed E-state index contributed by atoms with van der Waals surface area (Å²) < 4.78 is 25.4.